The van der Waals surface area contributed by atoms with E-state index >= 15 is 0 Å². The Morgan fingerprint density at radius 2 is 2.11 bits per heavy atom. The molecule has 0 bridgehead atoms. The predicted molar refractivity (Wildman–Crippen MR) is 80.2 cm³/mol. The molecule has 1 aliphatic rings. The number of benzene rings is 1. The molecule has 19 heavy (non-hydrogen) atoms. The van der Waals surface area contributed by atoms with Gasteiger partial charge >= 0.3 is 0 Å². The SMILES string of the molecule is CCCNC(c1ccc2nc(C)ccc2c1)C1CC1. The maximum absolute atomic E-state index is 4.58. The first kappa shape index (κ1) is 12.6. The third-order valence-electron chi connectivity index (χ3n) is 3.92. The maximum Gasteiger partial charge on any atom is 0.0705 e. The van der Waals surface area contributed by atoms with Crippen molar-refractivity contribution >= 4 is 10.9 Å². The third kappa shape index (κ3) is 2.79. The average Bonchev–Trinajstić information content (AvgIpc) is 3.24. The Balaban J connectivity index is 1.92. The zero-order valence-electron chi connectivity index (χ0n) is 11.8. The highest BCUT2D eigenvalue weighted by Crippen LogP contribution is 2.41. The highest BCUT2D eigenvalue weighted by Gasteiger charge is 2.31. The van der Waals surface area contributed by atoms with Crippen LogP contribution in [0.1, 0.15) is 43.5 Å². The van der Waals surface area contributed by atoms with E-state index in [4.69, 9.17) is 0 Å². The van der Waals surface area contributed by atoms with Crippen molar-refractivity contribution in [2.24, 2.45) is 5.92 Å². The summed E-state index contributed by atoms with van der Waals surface area (Å²) in [5.74, 6) is 0.836. The highest BCUT2D eigenvalue weighted by molar-refractivity contribution is 5.79. The van der Waals surface area contributed by atoms with Crippen LogP contribution in [-0.2, 0) is 0 Å². The van der Waals surface area contributed by atoms with E-state index in [0.29, 0.717) is 6.04 Å². The zero-order chi connectivity index (χ0) is 13.2. The lowest BCUT2D eigenvalue weighted by Gasteiger charge is -2.19. The smallest absolute Gasteiger partial charge is 0.0705 e. The number of rotatable bonds is 5. The van der Waals surface area contributed by atoms with E-state index < -0.39 is 0 Å². The van der Waals surface area contributed by atoms with Gasteiger partial charge in [-0.2, -0.15) is 0 Å². The van der Waals surface area contributed by atoms with Gasteiger partial charge in [-0.3, -0.25) is 4.98 Å². The lowest BCUT2D eigenvalue weighted by atomic mass is 10.00. The molecule has 2 aromatic rings. The van der Waals surface area contributed by atoms with Crippen LogP contribution in [0, 0.1) is 12.8 Å². The van der Waals surface area contributed by atoms with E-state index in [0.717, 1.165) is 23.7 Å². The van der Waals surface area contributed by atoms with Crippen LogP contribution >= 0.6 is 0 Å². The van der Waals surface area contributed by atoms with Gasteiger partial charge in [-0.1, -0.05) is 19.1 Å². The fourth-order valence-electron chi connectivity index (χ4n) is 2.73. The van der Waals surface area contributed by atoms with Crippen molar-refractivity contribution in [1.29, 1.82) is 0 Å². The quantitative estimate of drug-likeness (QED) is 0.872. The topological polar surface area (TPSA) is 24.9 Å². The predicted octanol–water partition coefficient (Wildman–Crippen LogP) is 3.99. The van der Waals surface area contributed by atoms with Gasteiger partial charge in [0.15, 0.2) is 0 Å². The lowest BCUT2D eigenvalue weighted by molar-refractivity contribution is 0.481. The first-order chi connectivity index (χ1) is 9.28. The number of pyridine rings is 1. The number of aryl methyl sites for hydroxylation is 1. The van der Waals surface area contributed by atoms with Crippen molar-refractivity contribution < 1.29 is 0 Å². The van der Waals surface area contributed by atoms with Gasteiger partial charge in [0.2, 0.25) is 0 Å². The minimum atomic E-state index is 0.533. The Bertz CT molecular complexity index is 572. The van der Waals surface area contributed by atoms with Crippen molar-refractivity contribution in [3.05, 3.63) is 41.6 Å². The van der Waals surface area contributed by atoms with Crippen LogP contribution in [0.2, 0.25) is 0 Å². The third-order valence-corrected chi connectivity index (χ3v) is 3.92. The molecule has 1 N–H and O–H groups in total. The highest BCUT2D eigenvalue weighted by atomic mass is 14.9. The van der Waals surface area contributed by atoms with E-state index in [-0.39, 0.29) is 0 Å². The first-order valence-electron chi connectivity index (χ1n) is 7.38. The fraction of sp³-hybridized carbons (Fsp3) is 0.471. The summed E-state index contributed by atoms with van der Waals surface area (Å²) in [6, 6.07) is 11.5. The van der Waals surface area contributed by atoms with Gasteiger partial charge in [0, 0.05) is 17.1 Å². The maximum atomic E-state index is 4.58. The van der Waals surface area contributed by atoms with Crippen LogP contribution in [0.4, 0.5) is 0 Å². The van der Waals surface area contributed by atoms with E-state index in [1.165, 1.54) is 30.2 Å². The molecule has 0 aliphatic heterocycles. The molecule has 1 aliphatic carbocycles. The van der Waals surface area contributed by atoms with Crippen LogP contribution in [0.3, 0.4) is 0 Å². The lowest BCUT2D eigenvalue weighted by Crippen LogP contribution is -2.23. The molecule has 1 unspecified atom stereocenters. The van der Waals surface area contributed by atoms with E-state index in [1.54, 1.807) is 0 Å². The van der Waals surface area contributed by atoms with Gasteiger partial charge in [-0.15, -0.1) is 0 Å². The van der Waals surface area contributed by atoms with Gasteiger partial charge < -0.3 is 5.32 Å². The van der Waals surface area contributed by atoms with Gasteiger partial charge in [-0.05, 0) is 62.4 Å². The van der Waals surface area contributed by atoms with E-state index in [2.05, 4.69) is 47.6 Å². The molecule has 2 nitrogen and oxygen atoms in total. The number of nitrogens with one attached hydrogen (secondary N) is 1. The second-order valence-electron chi connectivity index (χ2n) is 5.67. The molecule has 1 fully saturated rings. The monoisotopic (exact) mass is 254 g/mol. The Morgan fingerprint density at radius 1 is 1.26 bits per heavy atom. The summed E-state index contributed by atoms with van der Waals surface area (Å²) in [4.78, 5) is 4.58. The van der Waals surface area contributed by atoms with Crippen molar-refractivity contribution in [2.45, 2.75) is 39.2 Å². The molecular weight excluding hydrogens is 232 g/mol. The molecule has 3 rings (SSSR count). The molecule has 0 amide bonds. The van der Waals surface area contributed by atoms with Crippen LogP contribution in [0.25, 0.3) is 10.9 Å². The van der Waals surface area contributed by atoms with E-state index in [1.807, 2.05) is 6.92 Å². The molecule has 0 radical (unpaired) electrons. The summed E-state index contributed by atoms with van der Waals surface area (Å²) in [5, 5.41) is 4.96. The van der Waals surface area contributed by atoms with Gasteiger partial charge in [0.05, 0.1) is 5.52 Å². The van der Waals surface area contributed by atoms with Crippen LogP contribution in [0.15, 0.2) is 30.3 Å². The summed E-state index contributed by atoms with van der Waals surface area (Å²) in [5.41, 5.74) is 3.62. The minimum Gasteiger partial charge on any atom is -0.310 e. The van der Waals surface area contributed by atoms with Crippen molar-refractivity contribution in [3.63, 3.8) is 0 Å². The molecule has 0 spiro atoms. The van der Waals surface area contributed by atoms with Crippen molar-refractivity contribution in [2.75, 3.05) is 6.54 Å². The molecular formula is C17H22N2. The van der Waals surface area contributed by atoms with Gasteiger partial charge in [0.1, 0.15) is 0 Å². The van der Waals surface area contributed by atoms with Crippen molar-refractivity contribution in [1.82, 2.24) is 10.3 Å². The second kappa shape index (κ2) is 5.30. The Morgan fingerprint density at radius 3 is 2.84 bits per heavy atom. The standard InChI is InChI=1S/C17H22N2/c1-3-10-18-17(13-6-7-13)15-8-9-16-14(11-15)5-4-12(2)19-16/h4-5,8-9,11,13,17-18H,3,6-7,10H2,1-2H3. The molecule has 1 aromatic heterocycles. The minimum absolute atomic E-state index is 0.533. The van der Waals surface area contributed by atoms with Gasteiger partial charge in [-0.25, -0.2) is 0 Å². The molecule has 1 aromatic carbocycles. The summed E-state index contributed by atoms with van der Waals surface area (Å²) >= 11 is 0. The number of fused-ring (bicyclic) bond motifs is 1. The van der Waals surface area contributed by atoms with Gasteiger partial charge in [0.25, 0.3) is 0 Å². The Labute approximate surface area is 115 Å². The summed E-state index contributed by atoms with van der Waals surface area (Å²) < 4.78 is 0. The van der Waals surface area contributed by atoms with Crippen LogP contribution < -0.4 is 5.32 Å². The summed E-state index contributed by atoms with van der Waals surface area (Å²) in [7, 11) is 0. The number of nitrogens with zero attached hydrogens (tertiary/aromatic N) is 1. The molecule has 0 saturated heterocycles. The molecule has 1 atom stereocenters. The fourth-order valence-corrected chi connectivity index (χ4v) is 2.73. The Kier molecular flexibility index (Phi) is 3.52. The Hall–Kier alpha value is -1.41. The number of hydrogen-bond acceptors (Lipinski definition) is 2. The van der Waals surface area contributed by atoms with Crippen LogP contribution in [-0.4, -0.2) is 11.5 Å². The number of hydrogen-bond donors (Lipinski definition) is 1. The molecule has 2 heteroatoms. The average molecular weight is 254 g/mol. The van der Waals surface area contributed by atoms with Crippen LogP contribution in [0.5, 0.6) is 0 Å². The molecule has 100 valence electrons. The second-order valence-corrected chi connectivity index (χ2v) is 5.67. The normalized spacial score (nSPS) is 16.7. The van der Waals surface area contributed by atoms with Crippen molar-refractivity contribution in [3.8, 4) is 0 Å². The molecule has 1 saturated carbocycles. The largest absolute Gasteiger partial charge is 0.310 e. The summed E-state index contributed by atoms with van der Waals surface area (Å²) in [6.45, 7) is 5.37. The summed E-state index contributed by atoms with van der Waals surface area (Å²) in [6.07, 6.45) is 3.93. The zero-order valence-corrected chi connectivity index (χ0v) is 11.8. The van der Waals surface area contributed by atoms with E-state index in [9.17, 15) is 0 Å². The molecule has 1 heterocycles. The first-order valence-corrected chi connectivity index (χ1v) is 7.38. The number of aromatic nitrogens is 1.